The quantitative estimate of drug-likeness (QED) is 0.596. The monoisotopic (exact) mass is 415 g/mol. The number of rotatable bonds is 5. The highest BCUT2D eigenvalue weighted by atomic mass is 16.5. The molecule has 158 valence electrons. The maximum atomic E-state index is 11.6. The van der Waals surface area contributed by atoms with Crippen molar-refractivity contribution < 1.29 is 14.6 Å². The number of carboxylic acid groups (broad SMARTS) is 1. The normalized spacial score (nSPS) is 15.4. The number of pyridine rings is 1. The number of nitrogens with one attached hydrogen (secondary N) is 1. The molecule has 0 spiro atoms. The predicted molar refractivity (Wildman–Crippen MR) is 119 cm³/mol. The number of aromatic nitrogens is 1. The molecule has 6 nitrogen and oxygen atoms in total. The van der Waals surface area contributed by atoms with E-state index in [-0.39, 0.29) is 17.5 Å². The number of benzene rings is 2. The molecule has 3 aromatic rings. The van der Waals surface area contributed by atoms with Crippen molar-refractivity contribution in [3.05, 3.63) is 70.4 Å². The lowest BCUT2D eigenvalue weighted by molar-refractivity contribution is 0.0698. The topological polar surface area (TPSA) is 95.2 Å². The third-order valence-corrected chi connectivity index (χ3v) is 5.90. The maximum absolute atomic E-state index is 11.6. The summed E-state index contributed by atoms with van der Waals surface area (Å²) in [4.78, 5) is 16.3. The highest BCUT2D eigenvalue weighted by molar-refractivity contribution is 5.94. The predicted octanol–water partition coefficient (Wildman–Crippen LogP) is 5.18. The van der Waals surface area contributed by atoms with E-state index in [9.17, 15) is 15.2 Å². The van der Waals surface area contributed by atoms with Gasteiger partial charge in [-0.1, -0.05) is 18.2 Å². The van der Waals surface area contributed by atoms with Gasteiger partial charge in [-0.3, -0.25) is 0 Å². The number of carbonyl (C=O) groups is 1. The molecule has 2 aromatic carbocycles. The zero-order valence-electron chi connectivity index (χ0n) is 17.7. The fourth-order valence-electron chi connectivity index (χ4n) is 4.34. The summed E-state index contributed by atoms with van der Waals surface area (Å²) in [5, 5.41) is 23.6. The van der Waals surface area contributed by atoms with Crippen LogP contribution in [0.15, 0.2) is 42.5 Å². The molecule has 2 N–H and O–H groups in total. The molecule has 1 saturated heterocycles. The molecule has 0 unspecified atom stereocenters. The van der Waals surface area contributed by atoms with Gasteiger partial charge in [-0.05, 0) is 73.6 Å². The molecule has 6 heteroatoms. The molecule has 0 saturated carbocycles. The zero-order chi connectivity index (χ0) is 22.0. The summed E-state index contributed by atoms with van der Waals surface area (Å²) in [5.74, 6) is -0.711. The summed E-state index contributed by atoms with van der Waals surface area (Å²) in [7, 11) is 0. The van der Waals surface area contributed by atoms with Gasteiger partial charge in [0.15, 0.2) is 0 Å². The second kappa shape index (κ2) is 8.75. The van der Waals surface area contributed by atoms with Gasteiger partial charge in [0.25, 0.3) is 0 Å². The first-order valence-electron chi connectivity index (χ1n) is 10.5. The number of fused-ring (bicyclic) bond motifs is 1. The van der Waals surface area contributed by atoms with Gasteiger partial charge in [0.1, 0.15) is 11.8 Å². The van der Waals surface area contributed by atoms with Crippen molar-refractivity contribution in [2.24, 2.45) is 0 Å². The van der Waals surface area contributed by atoms with Crippen LogP contribution in [0, 0.1) is 18.3 Å². The number of aryl methyl sites for hydroxylation is 1. The number of aromatic carboxylic acids is 1. The van der Waals surface area contributed by atoms with E-state index in [4.69, 9.17) is 9.72 Å². The molecule has 0 bridgehead atoms. The Morgan fingerprint density at radius 2 is 2.00 bits per heavy atom. The van der Waals surface area contributed by atoms with Crippen LogP contribution < -0.4 is 5.32 Å². The van der Waals surface area contributed by atoms with Crippen molar-refractivity contribution in [1.82, 2.24) is 4.98 Å². The Labute approximate surface area is 181 Å². The number of para-hydroxylation sites is 1. The van der Waals surface area contributed by atoms with Gasteiger partial charge < -0.3 is 15.2 Å². The molecule has 1 aliphatic rings. The molecule has 1 atom stereocenters. The summed E-state index contributed by atoms with van der Waals surface area (Å²) >= 11 is 0. The minimum absolute atomic E-state index is 0.153. The van der Waals surface area contributed by atoms with E-state index in [1.165, 1.54) is 0 Å². The van der Waals surface area contributed by atoms with E-state index in [2.05, 4.69) is 23.5 Å². The van der Waals surface area contributed by atoms with Crippen LogP contribution >= 0.6 is 0 Å². The number of ether oxygens (including phenoxy) is 1. The second-order valence-electron chi connectivity index (χ2n) is 8.06. The lowest BCUT2D eigenvalue weighted by atomic mass is 9.88. The standard InChI is InChI=1S/C25H25N3O3/c1-15-11-19(16(2)27-22-6-4-3-5-18(22)25(29)30)21-13-20(17-7-9-31-10-8-17)24(14-26)28-23(21)12-15/h3-6,11-13,16-17,27H,7-10H2,1-2H3,(H,29,30)/t16-/m1/s1. The molecule has 0 aliphatic carbocycles. The largest absolute Gasteiger partial charge is 0.478 e. The smallest absolute Gasteiger partial charge is 0.337 e. The summed E-state index contributed by atoms with van der Waals surface area (Å²) in [6.45, 7) is 5.40. The summed E-state index contributed by atoms with van der Waals surface area (Å²) in [5.41, 5.74) is 5.11. The van der Waals surface area contributed by atoms with Crippen LogP contribution in [-0.2, 0) is 4.74 Å². The van der Waals surface area contributed by atoms with Crippen LogP contribution in [0.2, 0.25) is 0 Å². The van der Waals surface area contributed by atoms with Crippen LogP contribution in [0.25, 0.3) is 10.9 Å². The van der Waals surface area contributed by atoms with Crippen molar-refractivity contribution >= 4 is 22.6 Å². The number of nitriles is 1. The second-order valence-corrected chi connectivity index (χ2v) is 8.06. The Bertz CT molecular complexity index is 1180. The number of anilines is 1. The third-order valence-electron chi connectivity index (χ3n) is 5.90. The fraction of sp³-hybridized carbons (Fsp3) is 0.320. The number of hydrogen-bond acceptors (Lipinski definition) is 5. The van der Waals surface area contributed by atoms with Gasteiger partial charge >= 0.3 is 5.97 Å². The van der Waals surface area contributed by atoms with E-state index in [0.29, 0.717) is 24.6 Å². The van der Waals surface area contributed by atoms with Crippen LogP contribution in [0.5, 0.6) is 0 Å². The van der Waals surface area contributed by atoms with Crippen molar-refractivity contribution in [3.63, 3.8) is 0 Å². The van der Waals surface area contributed by atoms with Crippen LogP contribution in [0.4, 0.5) is 5.69 Å². The average molecular weight is 415 g/mol. The summed E-state index contributed by atoms with van der Waals surface area (Å²) in [6, 6.07) is 15.2. The lowest BCUT2D eigenvalue weighted by Gasteiger charge is -2.24. The Balaban J connectivity index is 1.80. The van der Waals surface area contributed by atoms with Crippen molar-refractivity contribution in [2.45, 2.75) is 38.6 Å². The van der Waals surface area contributed by atoms with Gasteiger partial charge in [-0.2, -0.15) is 5.26 Å². The van der Waals surface area contributed by atoms with E-state index in [1.54, 1.807) is 18.2 Å². The molecule has 4 rings (SSSR count). The third kappa shape index (κ3) is 4.23. The molecule has 1 fully saturated rings. The molecule has 2 heterocycles. The summed E-state index contributed by atoms with van der Waals surface area (Å²) in [6.07, 6.45) is 1.76. The first-order chi connectivity index (χ1) is 15.0. The highest BCUT2D eigenvalue weighted by Crippen LogP contribution is 2.34. The minimum Gasteiger partial charge on any atom is -0.478 e. The first-order valence-corrected chi connectivity index (χ1v) is 10.5. The molecule has 1 aliphatic heterocycles. The zero-order valence-corrected chi connectivity index (χ0v) is 17.7. The molecular weight excluding hydrogens is 390 g/mol. The van der Waals surface area contributed by atoms with Crippen LogP contribution in [0.3, 0.4) is 0 Å². The van der Waals surface area contributed by atoms with Crippen LogP contribution in [-0.4, -0.2) is 29.3 Å². The number of carboxylic acids is 1. The van der Waals surface area contributed by atoms with E-state index in [0.717, 1.165) is 40.4 Å². The maximum Gasteiger partial charge on any atom is 0.337 e. The Kier molecular flexibility index (Phi) is 5.88. The van der Waals surface area contributed by atoms with Gasteiger partial charge in [0.05, 0.1) is 11.1 Å². The lowest BCUT2D eigenvalue weighted by Crippen LogP contribution is -2.16. The van der Waals surface area contributed by atoms with Gasteiger partial charge in [-0.25, -0.2) is 9.78 Å². The Morgan fingerprint density at radius 1 is 1.26 bits per heavy atom. The molecule has 31 heavy (non-hydrogen) atoms. The number of nitrogens with zero attached hydrogens (tertiary/aromatic N) is 2. The van der Waals surface area contributed by atoms with Crippen molar-refractivity contribution in [2.75, 3.05) is 18.5 Å². The van der Waals surface area contributed by atoms with E-state index < -0.39 is 5.97 Å². The van der Waals surface area contributed by atoms with Gasteiger partial charge in [0.2, 0.25) is 0 Å². The highest BCUT2D eigenvalue weighted by Gasteiger charge is 2.22. The van der Waals surface area contributed by atoms with E-state index >= 15 is 0 Å². The number of hydrogen-bond donors (Lipinski definition) is 2. The Morgan fingerprint density at radius 3 is 2.71 bits per heavy atom. The van der Waals surface area contributed by atoms with Crippen molar-refractivity contribution in [3.8, 4) is 6.07 Å². The fourth-order valence-corrected chi connectivity index (χ4v) is 4.34. The van der Waals surface area contributed by atoms with Crippen LogP contribution in [0.1, 0.15) is 64.5 Å². The Hall–Kier alpha value is -3.43. The molecule has 0 amide bonds. The molecule has 0 radical (unpaired) electrons. The first kappa shape index (κ1) is 20.8. The van der Waals surface area contributed by atoms with Gasteiger partial charge in [-0.15, -0.1) is 0 Å². The van der Waals surface area contributed by atoms with E-state index in [1.807, 2.05) is 26.0 Å². The SMILES string of the molecule is Cc1cc([C@@H](C)Nc2ccccc2C(=O)O)c2cc(C3CCOCC3)c(C#N)nc2c1. The molecule has 1 aromatic heterocycles. The molecular formula is C25H25N3O3. The average Bonchev–Trinajstić information content (AvgIpc) is 2.78. The van der Waals surface area contributed by atoms with Gasteiger partial charge in [0, 0.05) is 30.3 Å². The summed E-state index contributed by atoms with van der Waals surface area (Å²) < 4.78 is 5.50. The van der Waals surface area contributed by atoms with Crippen molar-refractivity contribution in [1.29, 1.82) is 5.26 Å². The minimum atomic E-state index is -0.966.